The minimum atomic E-state index is -0.0000926. The number of fused-ring (bicyclic) bond motifs is 1. The average Bonchev–Trinajstić information content (AvgIpc) is 3.05. The average molecular weight is 270 g/mol. The van der Waals surface area contributed by atoms with E-state index in [4.69, 9.17) is 0 Å². The number of hydrogen-bond acceptors (Lipinski definition) is 2. The highest BCUT2D eigenvalue weighted by Crippen LogP contribution is 2.30. The van der Waals surface area contributed by atoms with Crippen LogP contribution in [0.1, 0.15) is 20.8 Å². The molecule has 3 nitrogen and oxygen atoms in total. The van der Waals surface area contributed by atoms with Gasteiger partial charge in [0, 0.05) is 23.6 Å². The molecule has 4 heteroatoms. The molecule has 3 rings (SSSR count). The molecular weight excluding hydrogens is 256 g/mol. The molecule has 3 aromatic rings. The molecule has 0 radical (unpaired) electrons. The molecule has 0 fully saturated rings. The van der Waals surface area contributed by atoms with E-state index in [1.807, 2.05) is 37.5 Å². The highest BCUT2D eigenvalue weighted by Gasteiger charge is 2.14. The molecule has 1 aromatic carbocycles. The minimum absolute atomic E-state index is 0.0000926. The lowest BCUT2D eigenvalue weighted by atomic mass is 10.1. The quantitative estimate of drug-likeness (QED) is 0.752. The fourth-order valence-electron chi connectivity index (χ4n) is 2.12. The third kappa shape index (κ3) is 2.27. The van der Waals surface area contributed by atoms with E-state index in [1.54, 1.807) is 11.3 Å². The maximum Gasteiger partial charge on any atom is 0.261 e. The summed E-state index contributed by atoms with van der Waals surface area (Å²) in [7, 11) is 0. The van der Waals surface area contributed by atoms with E-state index in [1.165, 1.54) is 5.39 Å². The smallest absolute Gasteiger partial charge is 0.261 e. The van der Waals surface area contributed by atoms with E-state index in [9.17, 15) is 4.79 Å². The normalized spacial score (nSPS) is 10.8. The number of carbonyl (C=O) groups is 1. The highest BCUT2D eigenvalue weighted by molar-refractivity contribution is 7.21. The van der Waals surface area contributed by atoms with Crippen LogP contribution in [0, 0.1) is 6.92 Å². The molecule has 0 saturated heterocycles. The molecule has 0 aliphatic rings. The number of thiophene rings is 1. The van der Waals surface area contributed by atoms with E-state index in [0.717, 1.165) is 20.7 Å². The highest BCUT2D eigenvalue weighted by atomic mass is 32.1. The second kappa shape index (κ2) is 4.90. The van der Waals surface area contributed by atoms with Gasteiger partial charge >= 0.3 is 0 Å². The first kappa shape index (κ1) is 12.0. The summed E-state index contributed by atoms with van der Waals surface area (Å²) in [5.41, 5.74) is 2.14. The van der Waals surface area contributed by atoms with Gasteiger partial charge in [0.15, 0.2) is 0 Å². The number of rotatable bonds is 3. The second-order valence-corrected chi connectivity index (χ2v) is 5.51. The number of aromatic amines is 1. The first-order valence-corrected chi connectivity index (χ1v) is 6.95. The van der Waals surface area contributed by atoms with Crippen molar-refractivity contribution in [3.8, 4) is 0 Å². The van der Waals surface area contributed by atoms with E-state index < -0.39 is 0 Å². The number of H-pyrrole nitrogens is 1. The Morgan fingerprint density at radius 3 is 2.89 bits per heavy atom. The van der Waals surface area contributed by atoms with Gasteiger partial charge in [0.25, 0.3) is 5.91 Å². The van der Waals surface area contributed by atoms with E-state index in [0.29, 0.717) is 6.54 Å². The summed E-state index contributed by atoms with van der Waals surface area (Å²) in [6.07, 6.45) is 3.74. The van der Waals surface area contributed by atoms with Crippen molar-refractivity contribution in [3.63, 3.8) is 0 Å². The molecular formula is C15H14N2OS. The molecule has 96 valence electrons. The number of nitrogens with one attached hydrogen (secondary N) is 2. The maximum absolute atomic E-state index is 12.2. The lowest BCUT2D eigenvalue weighted by Gasteiger charge is -2.02. The van der Waals surface area contributed by atoms with Gasteiger partial charge in [-0.3, -0.25) is 4.79 Å². The van der Waals surface area contributed by atoms with Crippen LogP contribution in [0.4, 0.5) is 0 Å². The molecule has 0 aliphatic heterocycles. The van der Waals surface area contributed by atoms with Crippen molar-refractivity contribution in [3.05, 3.63) is 58.7 Å². The molecule has 1 amide bonds. The second-order valence-electron chi connectivity index (χ2n) is 4.45. The first-order valence-electron chi connectivity index (χ1n) is 6.13. The summed E-state index contributed by atoms with van der Waals surface area (Å²) in [5, 5.41) is 4.12. The van der Waals surface area contributed by atoms with E-state index >= 15 is 0 Å². The Kier molecular flexibility index (Phi) is 3.09. The minimum Gasteiger partial charge on any atom is -0.367 e. The molecule has 0 spiro atoms. The predicted molar refractivity (Wildman–Crippen MR) is 78.5 cm³/mol. The molecule has 2 aromatic heterocycles. The van der Waals surface area contributed by atoms with Crippen LogP contribution in [-0.2, 0) is 6.54 Å². The third-order valence-electron chi connectivity index (χ3n) is 3.17. The van der Waals surface area contributed by atoms with Crippen molar-refractivity contribution >= 4 is 27.3 Å². The van der Waals surface area contributed by atoms with Crippen molar-refractivity contribution in [1.29, 1.82) is 0 Å². The van der Waals surface area contributed by atoms with Gasteiger partial charge in [0.1, 0.15) is 0 Å². The van der Waals surface area contributed by atoms with Crippen LogP contribution in [0.25, 0.3) is 10.1 Å². The molecule has 2 heterocycles. The Hall–Kier alpha value is -2.07. The van der Waals surface area contributed by atoms with E-state index in [2.05, 4.69) is 22.4 Å². The van der Waals surface area contributed by atoms with Crippen LogP contribution < -0.4 is 5.32 Å². The van der Waals surface area contributed by atoms with Crippen LogP contribution in [0.2, 0.25) is 0 Å². The largest absolute Gasteiger partial charge is 0.367 e. The third-order valence-corrected chi connectivity index (χ3v) is 4.44. The van der Waals surface area contributed by atoms with Crippen molar-refractivity contribution in [2.75, 3.05) is 0 Å². The molecule has 0 aliphatic carbocycles. The zero-order chi connectivity index (χ0) is 13.2. The topological polar surface area (TPSA) is 44.9 Å². The van der Waals surface area contributed by atoms with Crippen molar-refractivity contribution in [2.45, 2.75) is 13.5 Å². The zero-order valence-corrected chi connectivity index (χ0v) is 11.4. The van der Waals surface area contributed by atoms with Gasteiger partial charge in [-0.25, -0.2) is 0 Å². The lowest BCUT2D eigenvalue weighted by molar-refractivity contribution is 0.0954. The Morgan fingerprint density at radius 1 is 1.32 bits per heavy atom. The molecule has 0 bridgehead atoms. The Balaban J connectivity index is 1.83. The van der Waals surface area contributed by atoms with Gasteiger partial charge in [0.05, 0.1) is 4.88 Å². The van der Waals surface area contributed by atoms with Crippen LogP contribution in [0.3, 0.4) is 0 Å². The summed E-state index contributed by atoms with van der Waals surface area (Å²) >= 11 is 1.55. The van der Waals surface area contributed by atoms with E-state index in [-0.39, 0.29) is 5.91 Å². The number of amides is 1. The number of aromatic nitrogens is 1. The maximum atomic E-state index is 12.2. The van der Waals surface area contributed by atoms with Crippen LogP contribution in [0.15, 0.2) is 42.7 Å². The SMILES string of the molecule is Cc1c(C(=O)NCc2cc[nH]c2)sc2ccccc12. The Labute approximate surface area is 115 Å². The van der Waals surface area contributed by atoms with Crippen molar-refractivity contribution in [1.82, 2.24) is 10.3 Å². The summed E-state index contributed by atoms with van der Waals surface area (Å²) in [6.45, 7) is 2.56. The van der Waals surface area contributed by atoms with Gasteiger partial charge in [0.2, 0.25) is 0 Å². The summed E-state index contributed by atoms with van der Waals surface area (Å²) in [5.74, 6) is -0.0000926. The summed E-state index contributed by atoms with van der Waals surface area (Å²) in [4.78, 5) is 16.0. The van der Waals surface area contributed by atoms with Gasteiger partial charge in [-0.2, -0.15) is 0 Å². The van der Waals surface area contributed by atoms with Crippen molar-refractivity contribution < 1.29 is 4.79 Å². The van der Waals surface area contributed by atoms with Gasteiger partial charge < -0.3 is 10.3 Å². The molecule has 19 heavy (non-hydrogen) atoms. The number of aryl methyl sites for hydroxylation is 1. The lowest BCUT2D eigenvalue weighted by Crippen LogP contribution is -2.22. The van der Waals surface area contributed by atoms with Crippen molar-refractivity contribution in [2.24, 2.45) is 0 Å². The number of carbonyl (C=O) groups excluding carboxylic acids is 1. The summed E-state index contributed by atoms with van der Waals surface area (Å²) in [6, 6.07) is 10.1. The standard InChI is InChI=1S/C15H14N2OS/c1-10-12-4-2-3-5-13(12)19-14(10)15(18)17-9-11-6-7-16-8-11/h2-8,16H,9H2,1H3,(H,17,18). The molecule has 2 N–H and O–H groups in total. The number of hydrogen-bond donors (Lipinski definition) is 2. The Bertz CT molecular complexity index is 713. The number of benzene rings is 1. The van der Waals surface area contributed by atoms with Gasteiger partial charge in [-0.1, -0.05) is 18.2 Å². The molecule has 0 atom stereocenters. The van der Waals surface area contributed by atoms with Crippen LogP contribution >= 0.6 is 11.3 Å². The molecule has 0 unspecified atom stereocenters. The van der Waals surface area contributed by atoms with Crippen LogP contribution in [-0.4, -0.2) is 10.9 Å². The Morgan fingerprint density at radius 2 is 2.16 bits per heavy atom. The predicted octanol–water partition coefficient (Wildman–Crippen LogP) is 3.47. The fourth-order valence-corrected chi connectivity index (χ4v) is 3.25. The fraction of sp³-hybridized carbons (Fsp3) is 0.133. The monoisotopic (exact) mass is 270 g/mol. The first-order chi connectivity index (χ1) is 9.25. The van der Waals surface area contributed by atoms with Gasteiger partial charge in [-0.15, -0.1) is 11.3 Å². The van der Waals surface area contributed by atoms with Gasteiger partial charge in [-0.05, 0) is 35.6 Å². The molecule has 0 saturated carbocycles. The summed E-state index contributed by atoms with van der Waals surface area (Å²) < 4.78 is 1.16. The van der Waals surface area contributed by atoms with Crippen LogP contribution in [0.5, 0.6) is 0 Å². The zero-order valence-electron chi connectivity index (χ0n) is 10.6.